The first-order valence-corrected chi connectivity index (χ1v) is 8.55. The van der Waals surface area contributed by atoms with Crippen molar-refractivity contribution >= 4 is 10.2 Å². The summed E-state index contributed by atoms with van der Waals surface area (Å²) in [5, 5.41) is 0. The van der Waals surface area contributed by atoms with Crippen LogP contribution in [0.15, 0.2) is 0 Å². The number of nitrogens with two attached hydrogens (primary N) is 1. The van der Waals surface area contributed by atoms with Crippen LogP contribution in [-0.4, -0.2) is 38.9 Å². The predicted molar refractivity (Wildman–Crippen MR) is 78.9 cm³/mol. The van der Waals surface area contributed by atoms with E-state index in [0.717, 1.165) is 12.8 Å². The van der Waals surface area contributed by atoms with Gasteiger partial charge in [-0.1, -0.05) is 27.7 Å². The van der Waals surface area contributed by atoms with Crippen LogP contribution in [0.2, 0.25) is 0 Å². The highest BCUT2D eigenvalue weighted by molar-refractivity contribution is 7.87. The number of nitrogens with zero attached hydrogens (tertiary/aromatic N) is 1. The van der Waals surface area contributed by atoms with Gasteiger partial charge in [0.1, 0.15) is 0 Å². The van der Waals surface area contributed by atoms with E-state index in [9.17, 15) is 8.42 Å². The molecule has 1 aliphatic heterocycles. The van der Waals surface area contributed by atoms with Gasteiger partial charge in [0, 0.05) is 19.6 Å². The van der Waals surface area contributed by atoms with E-state index in [-0.39, 0.29) is 5.41 Å². The molecule has 1 fully saturated rings. The van der Waals surface area contributed by atoms with E-state index in [2.05, 4.69) is 32.4 Å². The highest BCUT2D eigenvalue weighted by Gasteiger charge is 2.28. The summed E-state index contributed by atoms with van der Waals surface area (Å²) in [5.41, 5.74) is 5.73. The number of hydrogen-bond acceptors (Lipinski definition) is 3. The average molecular weight is 291 g/mol. The Bertz CT molecular complexity index is 368. The standard InChI is InChI=1S/C13H29N3O2S/c1-11(13(2,3)4)10-15-19(17,18)16-7-5-12(9-14)6-8-16/h11-12,15H,5-10,14H2,1-4H3. The molecule has 1 unspecified atom stereocenters. The zero-order valence-corrected chi connectivity index (χ0v) is 13.5. The van der Waals surface area contributed by atoms with Crippen LogP contribution in [0.25, 0.3) is 0 Å². The van der Waals surface area contributed by atoms with Crippen LogP contribution in [0.5, 0.6) is 0 Å². The van der Waals surface area contributed by atoms with E-state index in [4.69, 9.17) is 5.73 Å². The predicted octanol–water partition coefficient (Wildman–Crippen LogP) is 1.17. The second-order valence-electron chi connectivity index (χ2n) is 6.70. The Kier molecular flexibility index (Phi) is 5.79. The van der Waals surface area contributed by atoms with Crippen molar-refractivity contribution in [2.24, 2.45) is 23.0 Å². The molecule has 1 atom stereocenters. The first kappa shape index (κ1) is 16.9. The van der Waals surface area contributed by atoms with E-state index in [1.165, 1.54) is 0 Å². The van der Waals surface area contributed by atoms with Gasteiger partial charge in [0.05, 0.1) is 0 Å². The molecule has 1 heterocycles. The lowest BCUT2D eigenvalue weighted by Crippen LogP contribution is -2.47. The van der Waals surface area contributed by atoms with Gasteiger partial charge in [0.25, 0.3) is 10.2 Å². The zero-order valence-electron chi connectivity index (χ0n) is 12.6. The van der Waals surface area contributed by atoms with Crippen molar-refractivity contribution in [3.63, 3.8) is 0 Å². The molecule has 1 saturated heterocycles. The minimum Gasteiger partial charge on any atom is -0.330 e. The minimum atomic E-state index is -3.33. The largest absolute Gasteiger partial charge is 0.330 e. The number of hydrogen-bond donors (Lipinski definition) is 2. The second kappa shape index (κ2) is 6.52. The van der Waals surface area contributed by atoms with Crippen molar-refractivity contribution in [2.75, 3.05) is 26.2 Å². The van der Waals surface area contributed by atoms with Crippen molar-refractivity contribution in [2.45, 2.75) is 40.5 Å². The molecule has 0 aromatic rings. The lowest BCUT2D eigenvalue weighted by molar-refractivity contribution is 0.253. The third-order valence-electron chi connectivity index (χ3n) is 4.30. The number of rotatable bonds is 5. The zero-order chi connectivity index (χ0) is 14.7. The molecule has 0 aromatic carbocycles. The summed E-state index contributed by atoms with van der Waals surface area (Å²) in [6.45, 7) is 10.8. The monoisotopic (exact) mass is 291 g/mol. The van der Waals surface area contributed by atoms with Gasteiger partial charge in [0.2, 0.25) is 0 Å². The number of nitrogens with one attached hydrogen (secondary N) is 1. The molecule has 0 amide bonds. The Morgan fingerprint density at radius 1 is 1.32 bits per heavy atom. The van der Waals surface area contributed by atoms with Gasteiger partial charge in [-0.15, -0.1) is 0 Å². The summed E-state index contributed by atoms with van der Waals surface area (Å²) in [4.78, 5) is 0. The fourth-order valence-electron chi connectivity index (χ4n) is 2.01. The molecule has 1 rings (SSSR count). The Morgan fingerprint density at radius 3 is 2.26 bits per heavy atom. The normalized spacial score (nSPS) is 21.5. The Hall–Kier alpha value is -0.170. The Labute approximate surface area is 118 Å². The smallest absolute Gasteiger partial charge is 0.279 e. The highest BCUT2D eigenvalue weighted by atomic mass is 32.2. The highest BCUT2D eigenvalue weighted by Crippen LogP contribution is 2.25. The number of piperidine rings is 1. The molecule has 0 aliphatic carbocycles. The third kappa shape index (κ3) is 5.02. The molecule has 114 valence electrons. The first-order chi connectivity index (χ1) is 8.66. The average Bonchev–Trinajstić information content (AvgIpc) is 2.35. The van der Waals surface area contributed by atoms with Crippen molar-refractivity contribution in [3.05, 3.63) is 0 Å². The van der Waals surface area contributed by atoms with E-state index >= 15 is 0 Å². The summed E-state index contributed by atoms with van der Waals surface area (Å²) in [6.07, 6.45) is 1.73. The maximum absolute atomic E-state index is 12.2. The Balaban J connectivity index is 2.49. The first-order valence-electron chi connectivity index (χ1n) is 7.11. The molecule has 0 bridgehead atoms. The lowest BCUT2D eigenvalue weighted by atomic mass is 9.82. The van der Waals surface area contributed by atoms with Crippen LogP contribution in [0.4, 0.5) is 0 Å². The van der Waals surface area contributed by atoms with Crippen molar-refractivity contribution < 1.29 is 8.42 Å². The van der Waals surface area contributed by atoms with Gasteiger partial charge in [-0.3, -0.25) is 0 Å². The molecule has 0 radical (unpaired) electrons. The molecule has 3 N–H and O–H groups in total. The maximum Gasteiger partial charge on any atom is 0.279 e. The fraction of sp³-hybridized carbons (Fsp3) is 1.00. The SMILES string of the molecule is CC(CNS(=O)(=O)N1CCC(CN)CC1)C(C)(C)C. The van der Waals surface area contributed by atoms with E-state index in [1.54, 1.807) is 4.31 Å². The summed E-state index contributed by atoms with van der Waals surface area (Å²) in [6, 6.07) is 0. The summed E-state index contributed by atoms with van der Waals surface area (Å²) >= 11 is 0. The van der Waals surface area contributed by atoms with Crippen molar-refractivity contribution in [1.29, 1.82) is 0 Å². The van der Waals surface area contributed by atoms with Crippen molar-refractivity contribution in [1.82, 2.24) is 9.03 Å². The molecule has 0 aromatic heterocycles. The van der Waals surface area contributed by atoms with Gasteiger partial charge in [-0.05, 0) is 36.6 Å². The van der Waals surface area contributed by atoms with Crippen LogP contribution in [0.3, 0.4) is 0 Å². The molecule has 0 saturated carbocycles. The van der Waals surface area contributed by atoms with Gasteiger partial charge in [-0.2, -0.15) is 12.7 Å². The minimum absolute atomic E-state index is 0.106. The van der Waals surface area contributed by atoms with E-state index in [1.807, 2.05) is 0 Å². The topological polar surface area (TPSA) is 75.4 Å². The van der Waals surface area contributed by atoms with Crippen molar-refractivity contribution in [3.8, 4) is 0 Å². The quantitative estimate of drug-likeness (QED) is 0.798. The molecular formula is C13H29N3O2S. The molecular weight excluding hydrogens is 262 g/mol. The Morgan fingerprint density at radius 2 is 1.84 bits per heavy atom. The van der Waals surface area contributed by atoms with E-state index < -0.39 is 10.2 Å². The maximum atomic E-state index is 12.2. The van der Waals surface area contributed by atoms with Crippen LogP contribution >= 0.6 is 0 Å². The van der Waals surface area contributed by atoms with Crippen LogP contribution in [-0.2, 0) is 10.2 Å². The van der Waals surface area contributed by atoms with E-state index in [0.29, 0.717) is 38.0 Å². The van der Waals surface area contributed by atoms with Gasteiger partial charge >= 0.3 is 0 Å². The second-order valence-corrected chi connectivity index (χ2v) is 8.45. The van der Waals surface area contributed by atoms with Crippen LogP contribution in [0.1, 0.15) is 40.5 Å². The third-order valence-corrected chi connectivity index (χ3v) is 5.87. The fourth-order valence-corrected chi connectivity index (χ4v) is 3.35. The molecule has 6 heteroatoms. The molecule has 0 spiro atoms. The van der Waals surface area contributed by atoms with Gasteiger partial charge in [-0.25, -0.2) is 4.72 Å². The lowest BCUT2D eigenvalue weighted by Gasteiger charge is -2.32. The molecule has 1 aliphatic rings. The van der Waals surface area contributed by atoms with Gasteiger partial charge < -0.3 is 5.73 Å². The van der Waals surface area contributed by atoms with Crippen LogP contribution < -0.4 is 10.5 Å². The summed E-state index contributed by atoms with van der Waals surface area (Å²) in [7, 11) is -3.33. The summed E-state index contributed by atoms with van der Waals surface area (Å²) in [5.74, 6) is 0.767. The summed E-state index contributed by atoms with van der Waals surface area (Å²) < 4.78 is 28.7. The molecule has 19 heavy (non-hydrogen) atoms. The molecule has 5 nitrogen and oxygen atoms in total. The van der Waals surface area contributed by atoms with Gasteiger partial charge in [0.15, 0.2) is 0 Å². The van der Waals surface area contributed by atoms with Crippen LogP contribution in [0, 0.1) is 17.3 Å².